The lowest BCUT2D eigenvalue weighted by Crippen LogP contribution is -2.31. The SMILES string of the molecule is FC(F)(F)C1CCCCCCC1Cl. The van der Waals surface area contributed by atoms with E-state index in [0.717, 1.165) is 19.3 Å². The van der Waals surface area contributed by atoms with Gasteiger partial charge in [0.25, 0.3) is 0 Å². The van der Waals surface area contributed by atoms with Gasteiger partial charge in [-0.3, -0.25) is 0 Å². The van der Waals surface area contributed by atoms with Crippen LogP contribution in [0.4, 0.5) is 13.2 Å². The van der Waals surface area contributed by atoms with Crippen molar-refractivity contribution in [1.82, 2.24) is 0 Å². The Kier molecular flexibility index (Phi) is 3.89. The summed E-state index contributed by atoms with van der Waals surface area (Å²) in [5.74, 6) is -1.28. The van der Waals surface area contributed by atoms with Crippen LogP contribution < -0.4 is 0 Å². The topological polar surface area (TPSA) is 0 Å². The molecule has 0 bridgehead atoms. The molecule has 0 heterocycles. The lowest BCUT2D eigenvalue weighted by molar-refractivity contribution is -0.178. The van der Waals surface area contributed by atoms with E-state index in [1.165, 1.54) is 0 Å². The molecule has 4 heteroatoms. The highest BCUT2D eigenvalue weighted by Gasteiger charge is 2.43. The van der Waals surface area contributed by atoms with Crippen molar-refractivity contribution in [3.05, 3.63) is 0 Å². The Morgan fingerprint density at radius 1 is 0.923 bits per heavy atom. The zero-order valence-electron chi connectivity index (χ0n) is 7.41. The van der Waals surface area contributed by atoms with Gasteiger partial charge in [-0.1, -0.05) is 25.7 Å². The molecule has 13 heavy (non-hydrogen) atoms. The Bertz CT molecular complexity index is 155. The van der Waals surface area contributed by atoms with Gasteiger partial charge in [0.15, 0.2) is 0 Å². The third-order valence-corrected chi connectivity index (χ3v) is 3.12. The highest BCUT2D eigenvalue weighted by molar-refractivity contribution is 6.20. The molecule has 0 spiro atoms. The first-order chi connectivity index (χ1) is 6.02. The van der Waals surface area contributed by atoms with Gasteiger partial charge in [-0.15, -0.1) is 11.6 Å². The summed E-state index contributed by atoms with van der Waals surface area (Å²) in [4.78, 5) is 0. The molecule has 1 aliphatic rings. The van der Waals surface area contributed by atoms with Crippen LogP contribution in [0.15, 0.2) is 0 Å². The minimum atomic E-state index is -4.11. The van der Waals surface area contributed by atoms with Gasteiger partial charge in [-0.25, -0.2) is 0 Å². The van der Waals surface area contributed by atoms with Crippen LogP contribution in [-0.2, 0) is 0 Å². The lowest BCUT2D eigenvalue weighted by atomic mass is 9.90. The number of alkyl halides is 4. The Morgan fingerprint density at radius 3 is 2.00 bits per heavy atom. The largest absolute Gasteiger partial charge is 0.393 e. The number of hydrogen-bond donors (Lipinski definition) is 0. The highest BCUT2D eigenvalue weighted by atomic mass is 35.5. The van der Waals surface area contributed by atoms with E-state index in [9.17, 15) is 13.2 Å². The fraction of sp³-hybridized carbons (Fsp3) is 1.00. The van der Waals surface area contributed by atoms with Gasteiger partial charge < -0.3 is 0 Å². The molecular weight excluding hydrogens is 201 g/mol. The molecule has 2 atom stereocenters. The predicted molar refractivity (Wildman–Crippen MR) is 46.9 cm³/mol. The number of rotatable bonds is 0. The zero-order chi connectivity index (χ0) is 9.90. The van der Waals surface area contributed by atoms with E-state index in [4.69, 9.17) is 11.6 Å². The van der Waals surface area contributed by atoms with Crippen LogP contribution in [0.2, 0.25) is 0 Å². The van der Waals surface area contributed by atoms with Crippen molar-refractivity contribution in [2.24, 2.45) is 5.92 Å². The summed E-state index contributed by atoms with van der Waals surface area (Å²) in [5.41, 5.74) is 0. The van der Waals surface area contributed by atoms with Crippen LogP contribution in [0, 0.1) is 5.92 Å². The van der Waals surface area contributed by atoms with E-state index in [0.29, 0.717) is 12.8 Å². The van der Waals surface area contributed by atoms with Gasteiger partial charge in [0.05, 0.1) is 5.92 Å². The van der Waals surface area contributed by atoms with Crippen molar-refractivity contribution in [2.45, 2.75) is 50.1 Å². The molecule has 0 nitrogen and oxygen atoms in total. The summed E-state index contributed by atoms with van der Waals surface area (Å²) in [6, 6.07) is 0. The van der Waals surface area contributed by atoms with Crippen molar-refractivity contribution in [2.75, 3.05) is 0 Å². The third kappa shape index (κ3) is 3.37. The minimum Gasteiger partial charge on any atom is -0.171 e. The van der Waals surface area contributed by atoms with Crippen LogP contribution in [0.1, 0.15) is 38.5 Å². The van der Waals surface area contributed by atoms with Crippen molar-refractivity contribution >= 4 is 11.6 Å². The average Bonchev–Trinajstić information content (AvgIpc) is 1.94. The van der Waals surface area contributed by atoms with E-state index in [2.05, 4.69) is 0 Å². The second-order valence-electron chi connectivity index (χ2n) is 3.66. The smallest absolute Gasteiger partial charge is 0.171 e. The van der Waals surface area contributed by atoms with E-state index < -0.39 is 17.5 Å². The molecular formula is C9H14ClF3. The summed E-state index contributed by atoms with van der Waals surface area (Å²) < 4.78 is 37.3. The Balaban J connectivity index is 2.56. The molecule has 1 saturated carbocycles. The summed E-state index contributed by atoms with van der Waals surface area (Å²) in [5, 5.41) is -0.708. The first kappa shape index (κ1) is 11.2. The maximum atomic E-state index is 12.4. The van der Waals surface area contributed by atoms with Gasteiger partial charge in [0.2, 0.25) is 0 Å². The quantitative estimate of drug-likeness (QED) is 0.532. The molecule has 1 rings (SSSR count). The molecule has 78 valence electrons. The third-order valence-electron chi connectivity index (χ3n) is 2.60. The highest BCUT2D eigenvalue weighted by Crippen LogP contribution is 2.38. The van der Waals surface area contributed by atoms with E-state index >= 15 is 0 Å². The average molecular weight is 215 g/mol. The van der Waals surface area contributed by atoms with Gasteiger partial charge >= 0.3 is 6.18 Å². The Labute approximate surface area is 81.5 Å². The molecule has 0 radical (unpaired) electrons. The van der Waals surface area contributed by atoms with Crippen LogP contribution in [0.3, 0.4) is 0 Å². The van der Waals surface area contributed by atoms with E-state index in [-0.39, 0.29) is 6.42 Å². The summed E-state index contributed by atoms with van der Waals surface area (Å²) in [6.45, 7) is 0. The predicted octanol–water partition coefficient (Wildman–Crippen LogP) is 4.13. The van der Waals surface area contributed by atoms with Crippen LogP contribution in [-0.4, -0.2) is 11.6 Å². The lowest BCUT2D eigenvalue weighted by Gasteiger charge is -2.26. The van der Waals surface area contributed by atoms with Gasteiger partial charge in [-0.05, 0) is 12.8 Å². The van der Waals surface area contributed by atoms with Crippen molar-refractivity contribution in [3.63, 3.8) is 0 Å². The molecule has 0 aromatic carbocycles. The molecule has 0 aliphatic heterocycles. The molecule has 1 aliphatic carbocycles. The monoisotopic (exact) mass is 214 g/mol. The fourth-order valence-electron chi connectivity index (χ4n) is 1.81. The van der Waals surface area contributed by atoms with Crippen LogP contribution in [0.5, 0.6) is 0 Å². The molecule has 2 unspecified atom stereocenters. The molecule has 0 N–H and O–H groups in total. The second kappa shape index (κ2) is 4.54. The Morgan fingerprint density at radius 2 is 1.46 bits per heavy atom. The molecule has 0 aromatic rings. The van der Waals surface area contributed by atoms with Gasteiger partial charge in [0.1, 0.15) is 0 Å². The van der Waals surface area contributed by atoms with Gasteiger partial charge in [0, 0.05) is 5.38 Å². The summed E-state index contributed by atoms with van der Waals surface area (Å²) >= 11 is 5.72. The van der Waals surface area contributed by atoms with Crippen molar-refractivity contribution < 1.29 is 13.2 Å². The summed E-state index contributed by atoms with van der Waals surface area (Å²) in [6.07, 6.45) is 0.0330. The van der Waals surface area contributed by atoms with Crippen molar-refractivity contribution in [1.29, 1.82) is 0 Å². The first-order valence-corrected chi connectivity index (χ1v) is 5.16. The molecule has 0 aromatic heterocycles. The number of halogens is 4. The maximum Gasteiger partial charge on any atom is 0.393 e. The number of hydrogen-bond acceptors (Lipinski definition) is 0. The molecule has 0 saturated heterocycles. The second-order valence-corrected chi connectivity index (χ2v) is 4.22. The zero-order valence-corrected chi connectivity index (χ0v) is 8.17. The van der Waals surface area contributed by atoms with Crippen LogP contribution >= 0.6 is 11.6 Å². The van der Waals surface area contributed by atoms with Gasteiger partial charge in [-0.2, -0.15) is 13.2 Å². The fourth-order valence-corrected chi connectivity index (χ4v) is 2.23. The van der Waals surface area contributed by atoms with E-state index in [1.807, 2.05) is 0 Å². The van der Waals surface area contributed by atoms with Crippen LogP contribution in [0.25, 0.3) is 0 Å². The van der Waals surface area contributed by atoms with Crippen molar-refractivity contribution in [3.8, 4) is 0 Å². The first-order valence-electron chi connectivity index (χ1n) is 4.72. The molecule has 0 amide bonds. The van der Waals surface area contributed by atoms with E-state index in [1.54, 1.807) is 0 Å². The standard InChI is InChI=1S/C9H14ClF3/c10-8-6-4-2-1-3-5-7(8)9(11,12)13/h7-8H,1-6H2. The Hall–Kier alpha value is 0.0800. The summed E-state index contributed by atoms with van der Waals surface area (Å²) in [7, 11) is 0. The minimum absolute atomic E-state index is 0.206. The maximum absolute atomic E-state index is 12.4. The molecule has 1 fully saturated rings. The normalized spacial score (nSPS) is 32.3.